The molecule has 1 atom stereocenters. The minimum Gasteiger partial charge on any atom is -0.468 e. The van der Waals surface area contributed by atoms with E-state index < -0.39 is 0 Å². The van der Waals surface area contributed by atoms with Gasteiger partial charge in [0.25, 0.3) is 0 Å². The van der Waals surface area contributed by atoms with Gasteiger partial charge in [0, 0.05) is 19.4 Å². The second-order valence-corrected chi connectivity index (χ2v) is 6.52. The van der Waals surface area contributed by atoms with E-state index in [-0.39, 0.29) is 11.9 Å². The Hall–Kier alpha value is -2.15. The van der Waals surface area contributed by atoms with Crippen LogP contribution in [0.5, 0.6) is 0 Å². The zero-order valence-corrected chi connectivity index (χ0v) is 14.7. The van der Waals surface area contributed by atoms with Crippen LogP contribution in [-0.4, -0.2) is 40.6 Å². The molecule has 1 amide bonds. The second kappa shape index (κ2) is 8.80. The molecule has 3 heterocycles. The van der Waals surface area contributed by atoms with E-state index in [0.29, 0.717) is 37.5 Å². The van der Waals surface area contributed by atoms with E-state index in [1.54, 1.807) is 13.2 Å². The smallest absolute Gasteiger partial charge is 0.226 e. The molecule has 1 aliphatic heterocycles. The highest BCUT2D eigenvalue weighted by Crippen LogP contribution is 2.24. The van der Waals surface area contributed by atoms with Gasteiger partial charge in [-0.15, -0.1) is 0 Å². The number of rotatable bonds is 8. The molecule has 0 unspecified atom stereocenters. The number of piperidine rings is 1. The number of nitrogens with zero attached hydrogens (tertiary/aromatic N) is 3. The van der Waals surface area contributed by atoms with Crippen molar-refractivity contribution < 1.29 is 13.7 Å². The van der Waals surface area contributed by atoms with Crippen LogP contribution < -0.4 is 5.32 Å². The van der Waals surface area contributed by atoms with Crippen molar-refractivity contribution in [3.8, 4) is 0 Å². The van der Waals surface area contributed by atoms with Crippen LogP contribution in [0.15, 0.2) is 27.3 Å². The van der Waals surface area contributed by atoms with Crippen LogP contribution in [0.2, 0.25) is 0 Å². The average molecular weight is 346 g/mol. The highest BCUT2D eigenvalue weighted by Gasteiger charge is 2.24. The number of nitrogens with one attached hydrogen (secondary N) is 1. The molecule has 136 valence electrons. The van der Waals surface area contributed by atoms with Gasteiger partial charge < -0.3 is 14.3 Å². The van der Waals surface area contributed by atoms with Crippen LogP contribution in [0.4, 0.5) is 0 Å². The molecular formula is C18H26N4O3. The molecule has 0 bridgehead atoms. The summed E-state index contributed by atoms with van der Waals surface area (Å²) in [6.07, 6.45) is 7.16. The molecule has 25 heavy (non-hydrogen) atoms. The van der Waals surface area contributed by atoms with Gasteiger partial charge in [-0.2, -0.15) is 4.98 Å². The highest BCUT2D eigenvalue weighted by atomic mass is 16.5. The van der Waals surface area contributed by atoms with Gasteiger partial charge in [-0.25, -0.2) is 0 Å². The van der Waals surface area contributed by atoms with Crippen molar-refractivity contribution in [2.45, 2.75) is 51.5 Å². The van der Waals surface area contributed by atoms with E-state index in [4.69, 9.17) is 8.94 Å². The van der Waals surface area contributed by atoms with Crippen LogP contribution in [0.1, 0.15) is 55.6 Å². The maximum absolute atomic E-state index is 12.2. The predicted molar refractivity (Wildman–Crippen MR) is 91.9 cm³/mol. The zero-order valence-electron chi connectivity index (χ0n) is 14.7. The first-order valence-electron chi connectivity index (χ1n) is 9.06. The second-order valence-electron chi connectivity index (χ2n) is 6.52. The molecule has 0 aromatic carbocycles. The van der Waals surface area contributed by atoms with Crippen LogP contribution in [0.3, 0.4) is 0 Å². The molecular weight excluding hydrogens is 320 g/mol. The van der Waals surface area contributed by atoms with Gasteiger partial charge in [-0.1, -0.05) is 11.6 Å². The number of aryl methyl sites for hydroxylation is 2. The summed E-state index contributed by atoms with van der Waals surface area (Å²) in [5.41, 5.74) is 0. The minimum absolute atomic E-state index is 0.0461. The van der Waals surface area contributed by atoms with E-state index >= 15 is 0 Å². The van der Waals surface area contributed by atoms with E-state index in [2.05, 4.69) is 20.4 Å². The first kappa shape index (κ1) is 17.7. The third kappa shape index (κ3) is 5.16. The maximum atomic E-state index is 12.2. The van der Waals surface area contributed by atoms with Crippen molar-refractivity contribution >= 4 is 5.91 Å². The quantitative estimate of drug-likeness (QED) is 0.791. The molecule has 1 fully saturated rings. The Morgan fingerprint density at radius 2 is 2.20 bits per heavy atom. The first-order valence-corrected chi connectivity index (χ1v) is 9.06. The van der Waals surface area contributed by atoms with Crippen molar-refractivity contribution in [1.82, 2.24) is 20.4 Å². The van der Waals surface area contributed by atoms with Crippen molar-refractivity contribution in [2.75, 3.05) is 19.6 Å². The van der Waals surface area contributed by atoms with Gasteiger partial charge in [-0.3, -0.25) is 9.69 Å². The molecule has 2 aromatic rings. The fourth-order valence-electron chi connectivity index (χ4n) is 3.26. The number of carbonyl (C=O) groups excluding carboxylic acids is 1. The standard InChI is InChI=1S/C18H26N4O3/c1-14-20-18(25-21-14)9-5-8-17(23)19-13-15(16-7-6-12-24-16)22-10-3-2-4-11-22/h6-7,12,15H,2-5,8-11,13H2,1H3,(H,19,23)/t15-/m0/s1. The van der Waals surface area contributed by atoms with Crippen molar-refractivity contribution in [1.29, 1.82) is 0 Å². The molecule has 0 radical (unpaired) electrons. The zero-order chi connectivity index (χ0) is 17.5. The number of carbonyl (C=O) groups is 1. The van der Waals surface area contributed by atoms with Crippen molar-refractivity contribution in [3.05, 3.63) is 35.9 Å². The van der Waals surface area contributed by atoms with Crippen LogP contribution >= 0.6 is 0 Å². The van der Waals surface area contributed by atoms with Crippen LogP contribution in [0.25, 0.3) is 0 Å². The molecule has 1 saturated heterocycles. The summed E-state index contributed by atoms with van der Waals surface area (Å²) >= 11 is 0. The molecule has 2 aromatic heterocycles. The van der Waals surface area contributed by atoms with Crippen LogP contribution in [-0.2, 0) is 11.2 Å². The number of likely N-dealkylation sites (tertiary alicyclic amines) is 1. The first-order chi connectivity index (χ1) is 12.2. The number of amides is 1. The minimum atomic E-state index is 0.0461. The molecule has 0 aliphatic carbocycles. The average Bonchev–Trinajstić information content (AvgIpc) is 3.28. The van der Waals surface area contributed by atoms with Gasteiger partial charge in [0.05, 0.1) is 12.3 Å². The summed E-state index contributed by atoms with van der Waals surface area (Å²) in [6.45, 7) is 4.47. The van der Waals surface area contributed by atoms with E-state index in [9.17, 15) is 4.79 Å². The predicted octanol–water partition coefficient (Wildman–Crippen LogP) is 2.64. The van der Waals surface area contributed by atoms with Crippen molar-refractivity contribution in [2.24, 2.45) is 0 Å². The summed E-state index contributed by atoms with van der Waals surface area (Å²) in [5.74, 6) is 2.18. The monoisotopic (exact) mass is 346 g/mol. The SMILES string of the molecule is Cc1noc(CCCC(=O)NC[C@@H](c2ccco2)N2CCCCC2)n1. The van der Waals surface area contributed by atoms with E-state index in [1.165, 1.54) is 19.3 Å². The van der Waals surface area contributed by atoms with Gasteiger partial charge in [-0.05, 0) is 51.4 Å². The Balaban J connectivity index is 1.46. The van der Waals surface area contributed by atoms with Crippen molar-refractivity contribution in [3.63, 3.8) is 0 Å². The Morgan fingerprint density at radius 3 is 2.88 bits per heavy atom. The van der Waals surface area contributed by atoms with E-state index in [1.807, 2.05) is 12.1 Å². The topological polar surface area (TPSA) is 84.4 Å². The van der Waals surface area contributed by atoms with Crippen LogP contribution in [0, 0.1) is 6.92 Å². The highest BCUT2D eigenvalue weighted by molar-refractivity contribution is 5.75. The third-order valence-electron chi connectivity index (χ3n) is 4.56. The van der Waals surface area contributed by atoms with Gasteiger partial charge >= 0.3 is 0 Å². The lowest BCUT2D eigenvalue weighted by atomic mass is 10.1. The molecule has 7 nitrogen and oxygen atoms in total. The maximum Gasteiger partial charge on any atom is 0.226 e. The number of furan rings is 1. The lowest BCUT2D eigenvalue weighted by molar-refractivity contribution is -0.121. The molecule has 3 rings (SSSR count). The molecule has 1 N–H and O–H groups in total. The van der Waals surface area contributed by atoms with Gasteiger partial charge in [0.2, 0.25) is 11.8 Å². The molecule has 1 aliphatic rings. The molecule has 0 spiro atoms. The summed E-state index contributed by atoms with van der Waals surface area (Å²) in [6, 6.07) is 4.00. The van der Waals surface area contributed by atoms with E-state index in [0.717, 1.165) is 18.8 Å². The fraction of sp³-hybridized carbons (Fsp3) is 0.611. The lowest BCUT2D eigenvalue weighted by Crippen LogP contribution is -2.40. The molecule has 7 heteroatoms. The summed E-state index contributed by atoms with van der Waals surface area (Å²) in [4.78, 5) is 18.7. The Morgan fingerprint density at radius 1 is 1.36 bits per heavy atom. The number of aromatic nitrogens is 2. The largest absolute Gasteiger partial charge is 0.468 e. The summed E-state index contributed by atoms with van der Waals surface area (Å²) in [5, 5.41) is 6.80. The Labute approximate surface area is 147 Å². The number of hydrogen-bond acceptors (Lipinski definition) is 6. The number of hydrogen-bond donors (Lipinski definition) is 1. The third-order valence-corrected chi connectivity index (χ3v) is 4.56. The molecule has 0 saturated carbocycles. The summed E-state index contributed by atoms with van der Waals surface area (Å²) in [7, 11) is 0. The Kier molecular flexibility index (Phi) is 6.22. The normalized spacial score (nSPS) is 16.7. The fourth-order valence-corrected chi connectivity index (χ4v) is 3.26. The lowest BCUT2D eigenvalue weighted by Gasteiger charge is -2.33. The Bertz CT molecular complexity index is 647. The van der Waals surface area contributed by atoms with Gasteiger partial charge in [0.1, 0.15) is 5.76 Å². The van der Waals surface area contributed by atoms with Gasteiger partial charge in [0.15, 0.2) is 5.82 Å². The summed E-state index contributed by atoms with van der Waals surface area (Å²) < 4.78 is 10.7.